The Hall–Kier alpha value is -2.17. The second-order valence-electron chi connectivity index (χ2n) is 5.52. The SMILES string of the molecule is CC1=C(C)CC(C(=O)Nc2ccc(F)cc2)C(C(=O)O)C1. The summed E-state index contributed by atoms with van der Waals surface area (Å²) in [6.07, 6.45) is 0.832. The van der Waals surface area contributed by atoms with E-state index in [1.54, 1.807) is 0 Å². The van der Waals surface area contributed by atoms with Crippen LogP contribution in [0.4, 0.5) is 10.1 Å². The molecule has 2 N–H and O–H groups in total. The average molecular weight is 291 g/mol. The van der Waals surface area contributed by atoms with Gasteiger partial charge in [-0.15, -0.1) is 0 Å². The number of carboxylic acid groups (broad SMARTS) is 1. The van der Waals surface area contributed by atoms with Crippen LogP contribution in [-0.4, -0.2) is 17.0 Å². The Balaban J connectivity index is 2.16. The first-order valence-electron chi connectivity index (χ1n) is 6.83. The van der Waals surface area contributed by atoms with Gasteiger partial charge in [-0.05, 0) is 51.0 Å². The lowest BCUT2D eigenvalue weighted by atomic mass is 9.76. The van der Waals surface area contributed by atoms with E-state index in [1.807, 2.05) is 13.8 Å². The lowest BCUT2D eigenvalue weighted by Crippen LogP contribution is -2.36. The van der Waals surface area contributed by atoms with Crippen LogP contribution in [0.25, 0.3) is 0 Å². The maximum Gasteiger partial charge on any atom is 0.307 e. The van der Waals surface area contributed by atoms with Crippen molar-refractivity contribution >= 4 is 17.6 Å². The van der Waals surface area contributed by atoms with Gasteiger partial charge in [0.1, 0.15) is 5.82 Å². The normalized spacial score (nSPS) is 22.0. The molecule has 1 aliphatic carbocycles. The van der Waals surface area contributed by atoms with E-state index in [-0.39, 0.29) is 11.7 Å². The van der Waals surface area contributed by atoms with Crippen LogP contribution >= 0.6 is 0 Å². The topological polar surface area (TPSA) is 66.4 Å². The molecular weight excluding hydrogens is 273 g/mol. The molecular formula is C16H18FNO3. The molecule has 5 heteroatoms. The van der Waals surface area contributed by atoms with E-state index in [0.717, 1.165) is 11.1 Å². The predicted molar refractivity (Wildman–Crippen MR) is 77.3 cm³/mol. The molecule has 0 saturated carbocycles. The Labute approximate surface area is 122 Å². The van der Waals surface area contributed by atoms with Crippen LogP contribution in [0.5, 0.6) is 0 Å². The highest BCUT2D eigenvalue weighted by Gasteiger charge is 2.37. The summed E-state index contributed by atoms with van der Waals surface area (Å²) in [6.45, 7) is 3.82. The van der Waals surface area contributed by atoms with Gasteiger partial charge in [0.05, 0.1) is 11.8 Å². The van der Waals surface area contributed by atoms with Gasteiger partial charge < -0.3 is 10.4 Å². The molecule has 2 atom stereocenters. The van der Waals surface area contributed by atoms with E-state index < -0.39 is 17.8 Å². The third kappa shape index (κ3) is 3.48. The summed E-state index contributed by atoms with van der Waals surface area (Å²) in [4.78, 5) is 23.7. The third-order valence-electron chi connectivity index (χ3n) is 4.03. The second kappa shape index (κ2) is 6.08. The van der Waals surface area contributed by atoms with Crippen molar-refractivity contribution in [1.82, 2.24) is 0 Å². The Bertz CT molecular complexity index is 592. The van der Waals surface area contributed by atoms with Crippen LogP contribution in [0.1, 0.15) is 26.7 Å². The molecule has 0 bridgehead atoms. The van der Waals surface area contributed by atoms with Crippen LogP contribution in [0.3, 0.4) is 0 Å². The zero-order chi connectivity index (χ0) is 15.6. The summed E-state index contributed by atoms with van der Waals surface area (Å²) in [5, 5.41) is 12.0. The van der Waals surface area contributed by atoms with Crippen molar-refractivity contribution < 1.29 is 19.1 Å². The van der Waals surface area contributed by atoms with Gasteiger partial charge in [-0.1, -0.05) is 11.1 Å². The number of halogens is 1. The highest BCUT2D eigenvalue weighted by atomic mass is 19.1. The minimum absolute atomic E-state index is 0.333. The number of allylic oxidation sites excluding steroid dienone is 2. The average Bonchev–Trinajstić information content (AvgIpc) is 2.43. The number of hydrogen-bond acceptors (Lipinski definition) is 2. The van der Waals surface area contributed by atoms with Gasteiger partial charge in [-0.3, -0.25) is 9.59 Å². The maximum atomic E-state index is 12.8. The number of amides is 1. The first-order chi connectivity index (χ1) is 9.88. The fourth-order valence-electron chi connectivity index (χ4n) is 2.60. The quantitative estimate of drug-likeness (QED) is 0.840. The predicted octanol–water partition coefficient (Wildman–Crippen LogP) is 3.21. The zero-order valence-corrected chi connectivity index (χ0v) is 12.0. The van der Waals surface area contributed by atoms with Crippen LogP contribution in [0, 0.1) is 17.7 Å². The standard InChI is InChI=1S/C16H18FNO3/c1-9-7-13(14(16(20)21)8-10(9)2)15(19)18-12-5-3-11(17)4-6-12/h3-6,13-14H,7-8H2,1-2H3,(H,18,19)(H,20,21). The second-order valence-corrected chi connectivity index (χ2v) is 5.52. The molecule has 0 saturated heterocycles. The number of benzene rings is 1. The van der Waals surface area contributed by atoms with Crippen LogP contribution in [0.2, 0.25) is 0 Å². The number of carbonyl (C=O) groups is 2. The first-order valence-corrected chi connectivity index (χ1v) is 6.83. The Morgan fingerprint density at radius 1 is 1.10 bits per heavy atom. The number of hydrogen-bond donors (Lipinski definition) is 2. The molecule has 0 radical (unpaired) electrons. The largest absolute Gasteiger partial charge is 0.481 e. The zero-order valence-electron chi connectivity index (χ0n) is 12.0. The van der Waals surface area contributed by atoms with Gasteiger partial charge in [0.2, 0.25) is 5.91 Å². The van der Waals surface area contributed by atoms with Crippen LogP contribution in [0.15, 0.2) is 35.4 Å². The monoisotopic (exact) mass is 291 g/mol. The van der Waals surface area contributed by atoms with Crippen molar-refractivity contribution in [1.29, 1.82) is 0 Å². The molecule has 0 aliphatic heterocycles. The van der Waals surface area contributed by atoms with E-state index in [2.05, 4.69) is 5.32 Å². The number of nitrogens with one attached hydrogen (secondary N) is 1. The first kappa shape index (κ1) is 15.2. The number of anilines is 1. The van der Waals surface area contributed by atoms with Crippen LogP contribution < -0.4 is 5.32 Å². The highest BCUT2D eigenvalue weighted by molar-refractivity contribution is 5.95. The van der Waals surface area contributed by atoms with E-state index in [1.165, 1.54) is 24.3 Å². The molecule has 0 fully saturated rings. The number of carbonyl (C=O) groups excluding carboxylic acids is 1. The van der Waals surface area contributed by atoms with E-state index in [4.69, 9.17) is 0 Å². The molecule has 1 aliphatic rings. The van der Waals surface area contributed by atoms with E-state index in [0.29, 0.717) is 18.5 Å². The molecule has 112 valence electrons. The van der Waals surface area contributed by atoms with E-state index >= 15 is 0 Å². The van der Waals surface area contributed by atoms with Gasteiger partial charge in [0, 0.05) is 5.69 Å². The van der Waals surface area contributed by atoms with Crippen molar-refractivity contribution in [3.63, 3.8) is 0 Å². The van der Waals surface area contributed by atoms with Crippen molar-refractivity contribution in [2.45, 2.75) is 26.7 Å². The fourth-order valence-corrected chi connectivity index (χ4v) is 2.60. The molecule has 4 nitrogen and oxygen atoms in total. The molecule has 2 unspecified atom stereocenters. The number of rotatable bonds is 3. The Kier molecular flexibility index (Phi) is 4.40. The van der Waals surface area contributed by atoms with Crippen molar-refractivity contribution in [3.05, 3.63) is 41.2 Å². The minimum Gasteiger partial charge on any atom is -0.481 e. The van der Waals surface area contributed by atoms with Crippen LogP contribution in [-0.2, 0) is 9.59 Å². The van der Waals surface area contributed by atoms with Gasteiger partial charge >= 0.3 is 5.97 Å². The lowest BCUT2D eigenvalue weighted by Gasteiger charge is -2.29. The summed E-state index contributed by atoms with van der Waals surface area (Å²) < 4.78 is 12.8. The van der Waals surface area contributed by atoms with Gasteiger partial charge in [-0.2, -0.15) is 0 Å². The Morgan fingerprint density at radius 2 is 1.62 bits per heavy atom. The summed E-state index contributed by atoms with van der Waals surface area (Å²) in [6, 6.07) is 5.42. The molecule has 1 aromatic carbocycles. The highest BCUT2D eigenvalue weighted by Crippen LogP contribution is 2.35. The van der Waals surface area contributed by atoms with Gasteiger partial charge in [0.25, 0.3) is 0 Å². The Morgan fingerprint density at radius 3 is 2.14 bits per heavy atom. The molecule has 0 spiro atoms. The molecule has 1 amide bonds. The third-order valence-corrected chi connectivity index (χ3v) is 4.03. The summed E-state index contributed by atoms with van der Waals surface area (Å²) in [5.74, 6) is -2.99. The number of aliphatic carboxylic acids is 1. The van der Waals surface area contributed by atoms with Gasteiger partial charge in [0.15, 0.2) is 0 Å². The summed E-state index contributed by atoms with van der Waals surface area (Å²) in [5.41, 5.74) is 2.56. The van der Waals surface area contributed by atoms with Gasteiger partial charge in [-0.25, -0.2) is 4.39 Å². The molecule has 2 rings (SSSR count). The van der Waals surface area contributed by atoms with Crippen molar-refractivity contribution in [3.8, 4) is 0 Å². The smallest absolute Gasteiger partial charge is 0.307 e. The van der Waals surface area contributed by atoms with Crippen molar-refractivity contribution in [2.75, 3.05) is 5.32 Å². The lowest BCUT2D eigenvalue weighted by molar-refractivity contribution is -0.146. The molecule has 1 aromatic rings. The summed E-state index contributed by atoms with van der Waals surface area (Å²) >= 11 is 0. The maximum absolute atomic E-state index is 12.8. The fraction of sp³-hybridized carbons (Fsp3) is 0.375. The summed E-state index contributed by atoms with van der Waals surface area (Å²) in [7, 11) is 0. The molecule has 0 aromatic heterocycles. The van der Waals surface area contributed by atoms with Crippen molar-refractivity contribution in [2.24, 2.45) is 11.8 Å². The molecule has 0 heterocycles. The van der Waals surface area contributed by atoms with E-state index in [9.17, 15) is 19.1 Å². The molecule has 21 heavy (non-hydrogen) atoms. The number of carboxylic acids is 1. The minimum atomic E-state index is -0.957.